The molecule has 0 saturated heterocycles. The van der Waals surface area contributed by atoms with Gasteiger partial charge < -0.3 is 15.4 Å². The molecule has 1 aromatic rings. The number of likely N-dealkylation sites (N-methyl/N-ethyl adjacent to an activating group) is 1. The van der Waals surface area contributed by atoms with Gasteiger partial charge in [-0.2, -0.15) is 0 Å². The first kappa shape index (κ1) is 16.4. The molecule has 5 nitrogen and oxygen atoms in total. The van der Waals surface area contributed by atoms with Crippen molar-refractivity contribution in [3.63, 3.8) is 0 Å². The molecule has 1 amide bonds. The van der Waals surface area contributed by atoms with Crippen molar-refractivity contribution in [2.45, 2.75) is 39.7 Å². The van der Waals surface area contributed by atoms with E-state index in [4.69, 9.17) is 10.5 Å². The molecule has 1 aromatic heterocycles. The summed E-state index contributed by atoms with van der Waals surface area (Å²) in [5.74, 6) is 0.608. The summed E-state index contributed by atoms with van der Waals surface area (Å²) in [6.45, 7) is 6.60. The van der Waals surface area contributed by atoms with Gasteiger partial charge in [0.15, 0.2) is 6.61 Å². The summed E-state index contributed by atoms with van der Waals surface area (Å²) in [4.78, 5) is 17.9. The highest BCUT2D eigenvalue weighted by Gasteiger charge is 2.13. The van der Waals surface area contributed by atoms with Crippen LogP contribution in [0.1, 0.15) is 31.7 Å². The number of amides is 1. The highest BCUT2D eigenvalue weighted by Crippen LogP contribution is 2.19. The Kier molecular flexibility index (Phi) is 6.45. The zero-order valence-corrected chi connectivity index (χ0v) is 12.8. The van der Waals surface area contributed by atoms with Crippen LogP contribution in [0.15, 0.2) is 12.1 Å². The predicted octanol–water partition coefficient (Wildman–Crippen LogP) is 1.53. The van der Waals surface area contributed by atoms with Gasteiger partial charge in [-0.05, 0) is 32.4 Å². The number of carbonyl (C=O) groups excluding carboxylic acids is 1. The Bertz CT molecular complexity index is 449. The average Bonchev–Trinajstić information content (AvgIpc) is 2.44. The summed E-state index contributed by atoms with van der Waals surface area (Å²) in [5, 5.41) is 0. The quantitative estimate of drug-likeness (QED) is 0.822. The molecular formula is C15H25N3O2. The van der Waals surface area contributed by atoms with E-state index in [1.807, 2.05) is 32.9 Å². The molecule has 20 heavy (non-hydrogen) atoms. The molecule has 112 valence electrons. The summed E-state index contributed by atoms with van der Waals surface area (Å²) in [7, 11) is 1.76. The smallest absolute Gasteiger partial charge is 0.260 e. The number of ether oxygens (including phenoxy) is 1. The van der Waals surface area contributed by atoms with Crippen LogP contribution in [0.2, 0.25) is 0 Å². The minimum Gasteiger partial charge on any atom is -0.482 e. The van der Waals surface area contributed by atoms with E-state index in [1.54, 1.807) is 11.9 Å². The Labute approximate surface area is 121 Å². The lowest BCUT2D eigenvalue weighted by Gasteiger charge is -2.17. The molecule has 0 saturated carbocycles. The van der Waals surface area contributed by atoms with Crippen LogP contribution in [0.3, 0.4) is 0 Å². The molecule has 1 unspecified atom stereocenters. The number of pyridine rings is 1. The van der Waals surface area contributed by atoms with Gasteiger partial charge in [-0.3, -0.25) is 9.78 Å². The zero-order chi connectivity index (χ0) is 15.1. The summed E-state index contributed by atoms with van der Waals surface area (Å²) >= 11 is 0. The molecule has 2 N–H and O–H groups in total. The predicted molar refractivity (Wildman–Crippen MR) is 79.8 cm³/mol. The van der Waals surface area contributed by atoms with Crippen molar-refractivity contribution in [3.05, 3.63) is 23.5 Å². The molecule has 0 bridgehead atoms. The normalized spacial score (nSPS) is 12.1. The Hall–Kier alpha value is -1.62. The third kappa shape index (κ3) is 4.81. The molecule has 1 atom stereocenters. The van der Waals surface area contributed by atoms with Crippen LogP contribution >= 0.6 is 0 Å². The highest BCUT2D eigenvalue weighted by atomic mass is 16.5. The average molecular weight is 279 g/mol. The fourth-order valence-corrected chi connectivity index (χ4v) is 1.69. The first-order valence-corrected chi connectivity index (χ1v) is 7.06. The second-order valence-electron chi connectivity index (χ2n) is 4.97. The van der Waals surface area contributed by atoms with E-state index < -0.39 is 0 Å². The number of hydrogen-bond donors (Lipinski definition) is 1. The summed E-state index contributed by atoms with van der Waals surface area (Å²) in [5.41, 5.74) is 7.73. The molecule has 1 rings (SSSR count). The van der Waals surface area contributed by atoms with E-state index >= 15 is 0 Å². The van der Waals surface area contributed by atoms with Gasteiger partial charge in [0.2, 0.25) is 0 Å². The first-order valence-electron chi connectivity index (χ1n) is 7.06. The monoisotopic (exact) mass is 279 g/mol. The fourth-order valence-electron chi connectivity index (χ4n) is 1.69. The van der Waals surface area contributed by atoms with Crippen LogP contribution in [-0.4, -0.2) is 42.0 Å². The molecule has 5 heteroatoms. The van der Waals surface area contributed by atoms with Crippen LogP contribution in [0.25, 0.3) is 0 Å². The van der Waals surface area contributed by atoms with E-state index in [0.717, 1.165) is 17.8 Å². The van der Waals surface area contributed by atoms with Crippen LogP contribution in [0, 0.1) is 6.92 Å². The van der Waals surface area contributed by atoms with E-state index in [0.29, 0.717) is 18.7 Å². The van der Waals surface area contributed by atoms with E-state index in [1.165, 1.54) is 0 Å². The lowest BCUT2D eigenvalue weighted by atomic mass is 10.1. The Morgan fingerprint density at radius 1 is 1.45 bits per heavy atom. The standard InChI is InChI=1S/C15H25N3O2/c1-5-12(16)9-13-14(8-7-11(3)17-13)20-10-15(19)18(4)6-2/h7-8,12H,5-6,9-10,16H2,1-4H3. The maximum Gasteiger partial charge on any atom is 0.260 e. The number of rotatable bonds is 7. The minimum absolute atomic E-state index is 0.0312. The van der Waals surface area contributed by atoms with Crippen molar-refractivity contribution in [1.29, 1.82) is 0 Å². The van der Waals surface area contributed by atoms with Crippen molar-refractivity contribution >= 4 is 5.91 Å². The van der Waals surface area contributed by atoms with E-state index in [2.05, 4.69) is 4.98 Å². The summed E-state index contributed by atoms with van der Waals surface area (Å²) in [6.07, 6.45) is 1.54. The Balaban J connectivity index is 2.76. The highest BCUT2D eigenvalue weighted by molar-refractivity contribution is 5.77. The third-order valence-electron chi connectivity index (χ3n) is 3.30. The number of nitrogens with zero attached hydrogens (tertiary/aromatic N) is 2. The number of aromatic nitrogens is 1. The maximum atomic E-state index is 11.8. The topological polar surface area (TPSA) is 68.5 Å². The van der Waals surface area contributed by atoms with Crippen molar-refractivity contribution in [1.82, 2.24) is 9.88 Å². The van der Waals surface area contributed by atoms with Gasteiger partial charge in [-0.15, -0.1) is 0 Å². The van der Waals surface area contributed by atoms with Crippen LogP contribution in [0.4, 0.5) is 0 Å². The zero-order valence-electron chi connectivity index (χ0n) is 12.8. The largest absolute Gasteiger partial charge is 0.482 e. The Morgan fingerprint density at radius 3 is 2.75 bits per heavy atom. The summed E-state index contributed by atoms with van der Waals surface area (Å²) in [6, 6.07) is 3.80. The van der Waals surface area contributed by atoms with Gasteiger partial charge in [0, 0.05) is 31.7 Å². The number of aryl methyl sites for hydroxylation is 1. The molecule has 0 aliphatic heterocycles. The second kappa shape index (κ2) is 7.85. The molecule has 0 radical (unpaired) electrons. The molecule has 0 spiro atoms. The molecule has 0 fully saturated rings. The van der Waals surface area contributed by atoms with Crippen LogP contribution in [-0.2, 0) is 11.2 Å². The first-order chi connectivity index (χ1) is 9.47. The second-order valence-corrected chi connectivity index (χ2v) is 4.97. The van der Waals surface area contributed by atoms with Gasteiger partial charge in [0.1, 0.15) is 5.75 Å². The minimum atomic E-state index is -0.0428. The number of carbonyl (C=O) groups is 1. The summed E-state index contributed by atoms with van der Waals surface area (Å²) < 4.78 is 5.61. The van der Waals surface area contributed by atoms with Gasteiger partial charge in [-0.25, -0.2) is 0 Å². The number of nitrogens with two attached hydrogens (primary N) is 1. The van der Waals surface area contributed by atoms with E-state index in [9.17, 15) is 4.79 Å². The SMILES string of the molecule is CCC(N)Cc1nc(C)ccc1OCC(=O)N(C)CC. The van der Waals surface area contributed by atoms with E-state index in [-0.39, 0.29) is 18.6 Å². The van der Waals surface area contributed by atoms with Gasteiger partial charge in [-0.1, -0.05) is 6.92 Å². The molecule has 0 aromatic carbocycles. The van der Waals surface area contributed by atoms with Gasteiger partial charge >= 0.3 is 0 Å². The van der Waals surface area contributed by atoms with Crippen molar-refractivity contribution < 1.29 is 9.53 Å². The van der Waals surface area contributed by atoms with Crippen molar-refractivity contribution in [2.75, 3.05) is 20.2 Å². The lowest BCUT2D eigenvalue weighted by Crippen LogP contribution is -2.31. The fraction of sp³-hybridized carbons (Fsp3) is 0.600. The molecule has 0 aliphatic rings. The molecular weight excluding hydrogens is 254 g/mol. The van der Waals surface area contributed by atoms with Crippen molar-refractivity contribution in [2.24, 2.45) is 5.73 Å². The van der Waals surface area contributed by atoms with Gasteiger partial charge in [0.05, 0.1) is 5.69 Å². The third-order valence-corrected chi connectivity index (χ3v) is 3.30. The lowest BCUT2D eigenvalue weighted by molar-refractivity contribution is -0.131. The number of hydrogen-bond acceptors (Lipinski definition) is 4. The van der Waals surface area contributed by atoms with Gasteiger partial charge in [0.25, 0.3) is 5.91 Å². The molecule has 1 heterocycles. The van der Waals surface area contributed by atoms with Crippen molar-refractivity contribution in [3.8, 4) is 5.75 Å². The van der Waals surface area contributed by atoms with Crippen LogP contribution < -0.4 is 10.5 Å². The molecule has 0 aliphatic carbocycles. The maximum absolute atomic E-state index is 11.8. The Morgan fingerprint density at radius 2 is 2.15 bits per heavy atom. The van der Waals surface area contributed by atoms with Crippen LogP contribution in [0.5, 0.6) is 5.75 Å².